The number of aryl methyl sites for hydroxylation is 1. The lowest BCUT2D eigenvalue weighted by molar-refractivity contribution is -0.167. The van der Waals surface area contributed by atoms with Gasteiger partial charge in [-0.05, 0) is 61.6 Å². The Hall–Kier alpha value is -4.58. The van der Waals surface area contributed by atoms with E-state index in [1.54, 1.807) is 29.6 Å². The number of halogens is 1. The molecule has 3 aliphatic rings. The van der Waals surface area contributed by atoms with Crippen molar-refractivity contribution in [2.45, 2.75) is 51.1 Å². The quantitative estimate of drug-likeness (QED) is 0.259. The van der Waals surface area contributed by atoms with E-state index in [2.05, 4.69) is 15.3 Å². The Balaban J connectivity index is 1.15. The topological polar surface area (TPSA) is 137 Å². The molecular weight excluding hydrogens is 634 g/mol. The van der Waals surface area contributed by atoms with Crippen LogP contribution in [-0.2, 0) is 32.9 Å². The molecule has 2 saturated heterocycles. The monoisotopic (exact) mass is 673 g/mol. The molecule has 3 aromatic heterocycles. The minimum Gasteiger partial charge on any atom is -0.459 e. The molecule has 1 aromatic carbocycles. The first-order valence-electron chi connectivity index (χ1n) is 16.8. The van der Waals surface area contributed by atoms with Crippen molar-refractivity contribution in [1.82, 2.24) is 34.6 Å². The maximum absolute atomic E-state index is 14.7. The number of hydrogen-bond acceptors (Lipinski definition) is 6. The van der Waals surface area contributed by atoms with E-state index in [-0.39, 0.29) is 42.2 Å². The van der Waals surface area contributed by atoms with Gasteiger partial charge in [0.1, 0.15) is 0 Å². The highest BCUT2D eigenvalue weighted by Crippen LogP contribution is 2.52. The lowest BCUT2D eigenvalue weighted by Crippen LogP contribution is -2.66. The molecule has 0 saturated carbocycles. The molecule has 3 aliphatic heterocycles. The van der Waals surface area contributed by atoms with Crippen LogP contribution in [0.1, 0.15) is 54.4 Å². The zero-order valence-electron chi connectivity index (χ0n) is 27.0. The maximum Gasteiger partial charge on any atom is 0.289 e. The van der Waals surface area contributed by atoms with Crippen LogP contribution in [0.2, 0.25) is 5.02 Å². The van der Waals surface area contributed by atoms with Crippen LogP contribution in [-0.4, -0.2) is 92.1 Å². The van der Waals surface area contributed by atoms with Gasteiger partial charge in [-0.15, -0.1) is 0 Å². The Kier molecular flexibility index (Phi) is 8.76. The smallest absolute Gasteiger partial charge is 0.289 e. The van der Waals surface area contributed by atoms with E-state index in [0.717, 1.165) is 35.1 Å². The summed E-state index contributed by atoms with van der Waals surface area (Å²) in [6, 6.07) is 9.05. The lowest BCUT2D eigenvalue weighted by atomic mass is 9.65. The number of benzene rings is 1. The number of carbonyl (C=O) groups is 4. The van der Waals surface area contributed by atoms with Gasteiger partial charge in [-0.3, -0.25) is 19.2 Å². The van der Waals surface area contributed by atoms with Gasteiger partial charge in [0.2, 0.25) is 17.7 Å². The molecule has 48 heavy (non-hydrogen) atoms. The van der Waals surface area contributed by atoms with Crippen LogP contribution >= 0.6 is 11.6 Å². The van der Waals surface area contributed by atoms with Gasteiger partial charge in [-0.2, -0.15) is 0 Å². The first-order chi connectivity index (χ1) is 23.3. The summed E-state index contributed by atoms with van der Waals surface area (Å²) in [6.07, 6.45) is 8.95. The van der Waals surface area contributed by atoms with E-state index in [9.17, 15) is 19.2 Å². The number of H-pyrrole nitrogens is 1. The highest BCUT2D eigenvalue weighted by molar-refractivity contribution is 6.31. The Morgan fingerprint density at radius 1 is 1.12 bits per heavy atom. The number of nitrogens with zero attached hydrogens (tertiary/aromatic N) is 5. The molecule has 0 unspecified atom stereocenters. The number of amides is 4. The largest absolute Gasteiger partial charge is 0.459 e. The van der Waals surface area contributed by atoms with Crippen molar-refractivity contribution in [3.8, 4) is 0 Å². The van der Waals surface area contributed by atoms with Gasteiger partial charge in [-0.25, -0.2) is 4.98 Å². The summed E-state index contributed by atoms with van der Waals surface area (Å²) in [5, 5.41) is 4.61. The number of carbonyl (C=O) groups excluding carboxylic acids is 4. The SMILES string of the molecule is CC[C@]12c3[nH]c4ccc(Cl)cc4c3CCN1C(=O)[C@@H](CC(=O)NCCCn1ccnc1)C[C@@H]2C(=O)N1CCN(C(=O)c2ccco2)CC1. The van der Waals surface area contributed by atoms with Gasteiger partial charge in [0.15, 0.2) is 5.76 Å². The zero-order chi connectivity index (χ0) is 33.4. The highest BCUT2D eigenvalue weighted by Gasteiger charge is 2.59. The second-order valence-corrected chi connectivity index (χ2v) is 13.4. The molecule has 0 spiro atoms. The minimum atomic E-state index is -0.911. The molecule has 2 fully saturated rings. The summed E-state index contributed by atoms with van der Waals surface area (Å²) >= 11 is 6.42. The number of aromatic nitrogens is 3. The van der Waals surface area contributed by atoms with Gasteiger partial charge in [-0.1, -0.05) is 18.5 Å². The van der Waals surface area contributed by atoms with Crippen molar-refractivity contribution < 1.29 is 23.6 Å². The summed E-state index contributed by atoms with van der Waals surface area (Å²) in [5.41, 5.74) is 1.97. The van der Waals surface area contributed by atoms with Crippen molar-refractivity contribution in [1.29, 1.82) is 0 Å². The molecule has 6 heterocycles. The standard InChI is InChI=1S/C35H40ClN7O5/c1-2-35-27(33(46)41-14-16-42(17-15-41)34(47)29-5-3-18-48-29)19-23(20-30(44)38-9-4-11-40-13-10-37-22-40)32(45)43(35)12-8-25-26-21-24(36)6-7-28(26)39-31(25)35/h3,5-7,10,13,18,21-23,27,39H,2,4,8-9,11-12,14-17,19-20H2,1H3,(H,38,44)/t23-,27-,35+/m1/s1. The van der Waals surface area contributed by atoms with Gasteiger partial charge < -0.3 is 34.0 Å². The van der Waals surface area contributed by atoms with E-state index in [1.165, 1.54) is 6.26 Å². The third kappa shape index (κ3) is 5.65. The third-order valence-corrected chi connectivity index (χ3v) is 10.7. The van der Waals surface area contributed by atoms with Crippen LogP contribution in [0, 0.1) is 11.8 Å². The second-order valence-electron chi connectivity index (χ2n) is 13.0. The summed E-state index contributed by atoms with van der Waals surface area (Å²) < 4.78 is 7.27. The van der Waals surface area contributed by atoms with Crippen molar-refractivity contribution >= 4 is 46.1 Å². The normalized spacial score (nSPS) is 22.5. The number of imidazole rings is 1. The molecule has 12 nitrogen and oxygen atoms in total. The lowest BCUT2D eigenvalue weighted by Gasteiger charge is -2.56. The number of furan rings is 1. The van der Waals surface area contributed by atoms with E-state index in [4.69, 9.17) is 16.0 Å². The van der Waals surface area contributed by atoms with Gasteiger partial charge in [0.05, 0.1) is 24.0 Å². The predicted octanol–water partition coefficient (Wildman–Crippen LogP) is 3.82. The van der Waals surface area contributed by atoms with Crippen molar-refractivity contribution in [3.63, 3.8) is 0 Å². The first-order valence-corrected chi connectivity index (χ1v) is 17.1. The van der Waals surface area contributed by atoms with E-state index < -0.39 is 17.4 Å². The van der Waals surface area contributed by atoms with Crippen molar-refractivity contribution in [2.75, 3.05) is 39.3 Å². The molecule has 2 N–H and O–H groups in total. The van der Waals surface area contributed by atoms with Crippen LogP contribution in [0.5, 0.6) is 0 Å². The second kappa shape index (κ2) is 13.1. The minimum absolute atomic E-state index is 0.0184. The fourth-order valence-corrected chi connectivity index (χ4v) is 8.25. The number of piperazine rings is 1. The number of aromatic amines is 1. The Bertz CT molecular complexity index is 1810. The summed E-state index contributed by atoms with van der Waals surface area (Å²) in [4.78, 5) is 68.3. The zero-order valence-corrected chi connectivity index (χ0v) is 27.7. The van der Waals surface area contributed by atoms with Crippen LogP contribution in [0.15, 0.2) is 59.7 Å². The number of fused-ring (bicyclic) bond motifs is 5. The molecule has 4 aromatic rings. The summed E-state index contributed by atoms with van der Waals surface area (Å²) in [6.45, 7) is 5.16. The molecular formula is C35H40ClN7O5. The van der Waals surface area contributed by atoms with Crippen LogP contribution < -0.4 is 5.32 Å². The Labute approximate surface area is 283 Å². The summed E-state index contributed by atoms with van der Waals surface area (Å²) in [7, 11) is 0. The van der Waals surface area contributed by atoms with Crippen molar-refractivity contribution in [3.05, 3.63) is 77.4 Å². The highest BCUT2D eigenvalue weighted by atomic mass is 35.5. The van der Waals surface area contributed by atoms with Crippen LogP contribution in [0.3, 0.4) is 0 Å². The Morgan fingerprint density at radius 2 is 1.94 bits per heavy atom. The molecule has 252 valence electrons. The predicted molar refractivity (Wildman–Crippen MR) is 178 cm³/mol. The number of hydrogen-bond donors (Lipinski definition) is 2. The molecule has 4 amide bonds. The number of piperidine rings is 1. The number of rotatable bonds is 9. The molecule has 0 aliphatic carbocycles. The van der Waals surface area contributed by atoms with E-state index in [1.807, 2.05) is 45.7 Å². The molecule has 0 bridgehead atoms. The average molecular weight is 674 g/mol. The third-order valence-electron chi connectivity index (χ3n) is 10.4. The Morgan fingerprint density at radius 3 is 2.67 bits per heavy atom. The van der Waals surface area contributed by atoms with Crippen molar-refractivity contribution in [2.24, 2.45) is 11.8 Å². The van der Waals surface area contributed by atoms with E-state index >= 15 is 0 Å². The molecule has 13 heteroatoms. The fraction of sp³-hybridized carbons (Fsp3) is 0.457. The molecule has 7 rings (SSSR count). The first kappa shape index (κ1) is 32.0. The average Bonchev–Trinajstić information content (AvgIpc) is 3.89. The molecule has 0 radical (unpaired) electrons. The fourth-order valence-electron chi connectivity index (χ4n) is 8.08. The van der Waals surface area contributed by atoms with Gasteiger partial charge in [0, 0.05) is 92.2 Å². The van der Waals surface area contributed by atoms with Crippen LogP contribution in [0.25, 0.3) is 10.9 Å². The summed E-state index contributed by atoms with van der Waals surface area (Å²) in [5.74, 6) is -1.49. The van der Waals surface area contributed by atoms with Gasteiger partial charge in [0.25, 0.3) is 5.91 Å². The van der Waals surface area contributed by atoms with Crippen LogP contribution in [0.4, 0.5) is 0 Å². The molecule has 3 atom stereocenters. The van der Waals surface area contributed by atoms with E-state index in [0.29, 0.717) is 57.1 Å². The number of nitrogens with one attached hydrogen (secondary N) is 2. The van der Waals surface area contributed by atoms with Gasteiger partial charge >= 0.3 is 0 Å². The maximum atomic E-state index is 14.7.